The van der Waals surface area contributed by atoms with Gasteiger partial charge in [-0.05, 0) is 84.9 Å². The summed E-state index contributed by atoms with van der Waals surface area (Å²) in [6.07, 6.45) is 2.19. The fourth-order valence-electron chi connectivity index (χ4n) is 2.62. The van der Waals surface area contributed by atoms with E-state index in [1.165, 1.54) is 0 Å². The molecule has 0 saturated heterocycles. The van der Waals surface area contributed by atoms with Crippen LogP contribution in [0.1, 0.15) is 24.0 Å². The minimum Gasteiger partial charge on any atom is -0.504 e. The highest BCUT2D eigenvalue weighted by Gasteiger charge is 2.10. The Hall–Kier alpha value is -1.34. The number of hydrogen-bond acceptors (Lipinski definition) is 6. The lowest BCUT2D eigenvalue weighted by molar-refractivity contribution is 0.367. The van der Waals surface area contributed by atoms with Crippen LogP contribution >= 0.6 is 0 Å². The summed E-state index contributed by atoms with van der Waals surface area (Å²) in [5.74, 6) is 0.775. The molecular weight excluding hydrogens is 316 g/mol. The summed E-state index contributed by atoms with van der Waals surface area (Å²) in [5, 5.41) is 17.2. The van der Waals surface area contributed by atoms with E-state index in [0.717, 1.165) is 56.7 Å². The molecule has 144 valence electrons. The lowest BCUT2D eigenvalue weighted by Crippen LogP contribution is -2.22. The van der Waals surface area contributed by atoms with Gasteiger partial charge in [-0.15, -0.1) is 0 Å². The number of aromatic hydroxyl groups is 1. The number of benzene rings is 1. The fraction of sp³-hybridized carbons (Fsp3) is 0.684. The van der Waals surface area contributed by atoms with Crippen molar-refractivity contribution in [2.75, 3.05) is 61.5 Å². The summed E-state index contributed by atoms with van der Waals surface area (Å²) in [4.78, 5) is 4.36. The summed E-state index contributed by atoms with van der Waals surface area (Å²) < 4.78 is 5.33. The van der Waals surface area contributed by atoms with Gasteiger partial charge < -0.3 is 30.3 Å². The Morgan fingerprint density at radius 1 is 0.920 bits per heavy atom. The second-order valence-electron chi connectivity index (χ2n) is 6.97. The third-order valence-electron chi connectivity index (χ3n) is 4.00. The van der Waals surface area contributed by atoms with E-state index in [-0.39, 0.29) is 5.75 Å². The van der Waals surface area contributed by atoms with Gasteiger partial charge in [-0.25, -0.2) is 0 Å². The summed E-state index contributed by atoms with van der Waals surface area (Å²) in [7, 11) is 9.92. The molecule has 1 aromatic carbocycles. The molecule has 0 fully saturated rings. The van der Waals surface area contributed by atoms with Gasteiger partial charge in [0.1, 0.15) is 0 Å². The number of nitrogens with one attached hydrogen (secondary N) is 2. The molecule has 0 spiro atoms. The Balaban J connectivity index is 2.52. The Morgan fingerprint density at radius 3 is 2.00 bits per heavy atom. The molecule has 25 heavy (non-hydrogen) atoms. The Labute approximate surface area is 153 Å². The molecule has 0 saturated carbocycles. The summed E-state index contributed by atoms with van der Waals surface area (Å²) >= 11 is 0. The Kier molecular flexibility index (Phi) is 10.5. The maximum atomic E-state index is 10.3. The van der Waals surface area contributed by atoms with Crippen LogP contribution in [0.15, 0.2) is 12.1 Å². The molecule has 0 unspecified atom stereocenters. The zero-order valence-corrected chi connectivity index (χ0v) is 16.6. The van der Waals surface area contributed by atoms with Crippen molar-refractivity contribution in [3.8, 4) is 11.5 Å². The van der Waals surface area contributed by atoms with Crippen LogP contribution < -0.4 is 15.4 Å². The van der Waals surface area contributed by atoms with E-state index in [9.17, 15) is 5.11 Å². The van der Waals surface area contributed by atoms with Gasteiger partial charge in [0.2, 0.25) is 0 Å². The number of methoxy groups -OCH3 is 1. The largest absolute Gasteiger partial charge is 0.504 e. The lowest BCUT2D eigenvalue weighted by Gasteiger charge is -2.14. The van der Waals surface area contributed by atoms with Crippen LogP contribution in [0.25, 0.3) is 0 Å². The van der Waals surface area contributed by atoms with Crippen molar-refractivity contribution in [3.63, 3.8) is 0 Å². The van der Waals surface area contributed by atoms with Crippen LogP contribution in [0.4, 0.5) is 0 Å². The monoisotopic (exact) mass is 352 g/mol. The predicted molar refractivity (Wildman–Crippen MR) is 104 cm³/mol. The first-order valence-corrected chi connectivity index (χ1v) is 9.03. The molecule has 0 amide bonds. The maximum absolute atomic E-state index is 10.3. The fourth-order valence-corrected chi connectivity index (χ4v) is 2.62. The van der Waals surface area contributed by atoms with Gasteiger partial charge in [-0.3, -0.25) is 0 Å². The van der Waals surface area contributed by atoms with E-state index in [2.05, 4.69) is 54.7 Å². The van der Waals surface area contributed by atoms with Crippen molar-refractivity contribution >= 4 is 0 Å². The standard InChI is InChI=1S/C19H36N4O2/c1-22(2)10-6-8-20-14-16-12-17(19(24)18(13-16)25-5)15-21-9-7-11-23(3)4/h12-13,20-21,24H,6-11,14-15H2,1-5H3. The molecule has 0 aliphatic heterocycles. The third-order valence-corrected chi connectivity index (χ3v) is 4.00. The zero-order chi connectivity index (χ0) is 18.7. The van der Waals surface area contributed by atoms with Crippen molar-refractivity contribution in [2.45, 2.75) is 25.9 Å². The average molecular weight is 353 g/mol. The first kappa shape index (κ1) is 21.7. The van der Waals surface area contributed by atoms with Crippen LogP contribution in [0.3, 0.4) is 0 Å². The van der Waals surface area contributed by atoms with Gasteiger partial charge in [-0.1, -0.05) is 0 Å². The van der Waals surface area contributed by atoms with Gasteiger partial charge in [0.15, 0.2) is 11.5 Å². The molecule has 1 aromatic rings. The molecule has 1 rings (SSSR count). The van der Waals surface area contributed by atoms with E-state index in [4.69, 9.17) is 4.74 Å². The molecular formula is C19H36N4O2. The Bertz CT molecular complexity index is 493. The van der Waals surface area contributed by atoms with Gasteiger partial charge in [0.25, 0.3) is 0 Å². The normalized spacial score (nSPS) is 11.5. The van der Waals surface area contributed by atoms with Crippen LogP contribution in [0, 0.1) is 0 Å². The quantitative estimate of drug-likeness (QED) is 0.468. The molecule has 6 nitrogen and oxygen atoms in total. The minimum absolute atomic E-state index is 0.235. The smallest absolute Gasteiger partial charge is 0.162 e. The van der Waals surface area contributed by atoms with E-state index in [1.807, 2.05) is 6.07 Å². The van der Waals surface area contributed by atoms with Crippen LogP contribution in [0.2, 0.25) is 0 Å². The first-order chi connectivity index (χ1) is 11.9. The van der Waals surface area contributed by atoms with Gasteiger partial charge in [0, 0.05) is 18.7 Å². The maximum Gasteiger partial charge on any atom is 0.162 e. The molecule has 0 aliphatic carbocycles. The second kappa shape index (κ2) is 12.1. The average Bonchev–Trinajstić information content (AvgIpc) is 2.55. The van der Waals surface area contributed by atoms with E-state index < -0.39 is 0 Å². The van der Waals surface area contributed by atoms with E-state index >= 15 is 0 Å². The van der Waals surface area contributed by atoms with Gasteiger partial charge in [0.05, 0.1) is 7.11 Å². The summed E-state index contributed by atoms with van der Waals surface area (Å²) in [6.45, 7) is 5.45. The molecule has 0 heterocycles. The molecule has 0 aromatic heterocycles. The number of nitrogens with zero attached hydrogens (tertiary/aromatic N) is 2. The number of phenols is 1. The molecule has 0 bridgehead atoms. The highest BCUT2D eigenvalue weighted by molar-refractivity contribution is 5.48. The molecule has 3 N–H and O–H groups in total. The lowest BCUT2D eigenvalue weighted by atomic mass is 10.1. The highest BCUT2D eigenvalue weighted by Crippen LogP contribution is 2.31. The number of rotatable bonds is 13. The van der Waals surface area contributed by atoms with Crippen molar-refractivity contribution in [2.24, 2.45) is 0 Å². The SMILES string of the molecule is COc1cc(CNCCCN(C)C)cc(CNCCCN(C)C)c1O. The van der Waals surface area contributed by atoms with Crippen molar-refractivity contribution in [1.82, 2.24) is 20.4 Å². The summed E-state index contributed by atoms with van der Waals surface area (Å²) in [5.41, 5.74) is 2.01. The third kappa shape index (κ3) is 9.07. The van der Waals surface area contributed by atoms with Crippen LogP contribution in [-0.4, -0.2) is 76.4 Å². The molecule has 0 radical (unpaired) electrons. The van der Waals surface area contributed by atoms with Gasteiger partial charge >= 0.3 is 0 Å². The molecule has 6 heteroatoms. The number of phenolic OH excluding ortho intramolecular Hbond substituents is 1. The Morgan fingerprint density at radius 2 is 1.48 bits per heavy atom. The molecule has 0 atom stereocenters. The first-order valence-electron chi connectivity index (χ1n) is 9.03. The van der Waals surface area contributed by atoms with Crippen molar-refractivity contribution in [3.05, 3.63) is 23.3 Å². The zero-order valence-electron chi connectivity index (χ0n) is 16.6. The van der Waals surface area contributed by atoms with Crippen LogP contribution in [0.5, 0.6) is 11.5 Å². The highest BCUT2D eigenvalue weighted by atomic mass is 16.5. The van der Waals surface area contributed by atoms with E-state index in [0.29, 0.717) is 12.3 Å². The van der Waals surface area contributed by atoms with Crippen molar-refractivity contribution < 1.29 is 9.84 Å². The van der Waals surface area contributed by atoms with E-state index in [1.54, 1.807) is 7.11 Å². The van der Waals surface area contributed by atoms with Crippen LogP contribution in [-0.2, 0) is 13.1 Å². The van der Waals surface area contributed by atoms with Gasteiger partial charge in [-0.2, -0.15) is 0 Å². The number of hydrogen-bond donors (Lipinski definition) is 3. The second-order valence-corrected chi connectivity index (χ2v) is 6.97. The number of ether oxygens (including phenoxy) is 1. The molecule has 0 aliphatic rings. The summed E-state index contributed by atoms with van der Waals surface area (Å²) in [6, 6.07) is 3.96. The predicted octanol–water partition coefficient (Wildman–Crippen LogP) is 1.48. The minimum atomic E-state index is 0.235. The van der Waals surface area contributed by atoms with Crippen molar-refractivity contribution in [1.29, 1.82) is 0 Å². The topological polar surface area (TPSA) is 60.0 Å².